The Labute approximate surface area is 121 Å². The highest BCUT2D eigenvalue weighted by Gasteiger charge is 2.28. The SMILES string of the molecule is CCNC(=O)c1ccc(N)c(NCC2(C)CCCC2)c1. The Morgan fingerprint density at radius 2 is 2.05 bits per heavy atom. The van der Waals surface area contributed by atoms with E-state index in [0.29, 0.717) is 23.2 Å². The van der Waals surface area contributed by atoms with Crippen molar-refractivity contribution in [2.45, 2.75) is 39.5 Å². The molecule has 1 aromatic rings. The van der Waals surface area contributed by atoms with Gasteiger partial charge in [0.1, 0.15) is 0 Å². The van der Waals surface area contributed by atoms with Crippen molar-refractivity contribution in [2.75, 3.05) is 24.1 Å². The van der Waals surface area contributed by atoms with Crippen LogP contribution in [0.25, 0.3) is 0 Å². The Morgan fingerprint density at radius 3 is 2.70 bits per heavy atom. The van der Waals surface area contributed by atoms with Crippen molar-refractivity contribution in [1.82, 2.24) is 5.32 Å². The predicted octanol–water partition coefficient (Wildman–Crippen LogP) is 3.01. The van der Waals surface area contributed by atoms with Crippen LogP contribution in [0.5, 0.6) is 0 Å². The molecule has 4 heteroatoms. The topological polar surface area (TPSA) is 67.2 Å². The molecule has 0 heterocycles. The Morgan fingerprint density at radius 1 is 1.35 bits per heavy atom. The zero-order valence-corrected chi connectivity index (χ0v) is 12.5. The van der Waals surface area contributed by atoms with Gasteiger partial charge in [0, 0.05) is 18.7 Å². The highest BCUT2D eigenvalue weighted by atomic mass is 16.1. The molecule has 0 aliphatic heterocycles. The molecule has 0 aromatic heterocycles. The second-order valence-corrected chi connectivity index (χ2v) is 6.03. The Kier molecular flexibility index (Phi) is 4.53. The third-order valence-electron chi connectivity index (χ3n) is 4.17. The van der Waals surface area contributed by atoms with E-state index in [1.54, 1.807) is 12.1 Å². The molecule has 4 N–H and O–H groups in total. The van der Waals surface area contributed by atoms with Gasteiger partial charge in [-0.3, -0.25) is 4.79 Å². The smallest absolute Gasteiger partial charge is 0.251 e. The van der Waals surface area contributed by atoms with Gasteiger partial charge < -0.3 is 16.4 Å². The molecule has 1 aliphatic carbocycles. The number of nitrogen functional groups attached to an aromatic ring is 1. The molecule has 1 amide bonds. The van der Waals surface area contributed by atoms with E-state index in [1.165, 1.54) is 25.7 Å². The van der Waals surface area contributed by atoms with Crippen molar-refractivity contribution < 1.29 is 4.79 Å². The summed E-state index contributed by atoms with van der Waals surface area (Å²) in [7, 11) is 0. The number of amides is 1. The van der Waals surface area contributed by atoms with Gasteiger partial charge in [0.05, 0.1) is 11.4 Å². The van der Waals surface area contributed by atoms with Crippen molar-refractivity contribution in [3.63, 3.8) is 0 Å². The first kappa shape index (κ1) is 14.7. The fourth-order valence-corrected chi connectivity index (χ4v) is 2.83. The molecule has 0 unspecified atom stereocenters. The average molecular weight is 275 g/mol. The van der Waals surface area contributed by atoms with E-state index in [2.05, 4.69) is 17.6 Å². The molecular formula is C16H25N3O. The molecule has 4 nitrogen and oxygen atoms in total. The second kappa shape index (κ2) is 6.16. The van der Waals surface area contributed by atoms with Crippen LogP contribution in [0.3, 0.4) is 0 Å². The number of rotatable bonds is 5. The largest absolute Gasteiger partial charge is 0.397 e. The molecule has 1 aliphatic rings. The molecule has 1 aromatic carbocycles. The maximum absolute atomic E-state index is 11.9. The van der Waals surface area contributed by atoms with Crippen molar-refractivity contribution in [3.05, 3.63) is 23.8 Å². The third kappa shape index (κ3) is 3.44. The van der Waals surface area contributed by atoms with Gasteiger partial charge in [0.15, 0.2) is 0 Å². The van der Waals surface area contributed by atoms with E-state index in [4.69, 9.17) is 5.73 Å². The van der Waals surface area contributed by atoms with Crippen LogP contribution < -0.4 is 16.4 Å². The maximum atomic E-state index is 11.9. The van der Waals surface area contributed by atoms with Gasteiger partial charge in [-0.1, -0.05) is 19.8 Å². The van der Waals surface area contributed by atoms with Crippen LogP contribution in [0.4, 0.5) is 11.4 Å². The van der Waals surface area contributed by atoms with Crippen molar-refractivity contribution in [3.8, 4) is 0 Å². The number of carbonyl (C=O) groups excluding carboxylic acids is 1. The van der Waals surface area contributed by atoms with Crippen molar-refractivity contribution in [2.24, 2.45) is 5.41 Å². The molecular weight excluding hydrogens is 250 g/mol. The molecule has 0 spiro atoms. The van der Waals surface area contributed by atoms with Gasteiger partial charge >= 0.3 is 0 Å². The van der Waals surface area contributed by atoms with Gasteiger partial charge in [-0.15, -0.1) is 0 Å². The van der Waals surface area contributed by atoms with Crippen LogP contribution in [-0.2, 0) is 0 Å². The average Bonchev–Trinajstić information content (AvgIpc) is 2.85. The maximum Gasteiger partial charge on any atom is 0.251 e. The second-order valence-electron chi connectivity index (χ2n) is 6.03. The molecule has 110 valence electrons. The zero-order valence-electron chi connectivity index (χ0n) is 12.5. The monoisotopic (exact) mass is 275 g/mol. The molecule has 0 radical (unpaired) electrons. The summed E-state index contributed by atoms with van der Waals surface area (Å²) in [6.45, 7) is 5.77. The number of benzene rings is 1. The van der Waals surface area contributed by atoms with Crippen molar-refractivity contribution in [1.29, 1.82) is 0 Å². The lowest BCUT2D eigenvalue weighted by atomic mass is 9.89. The van der Waals surface area contributed by atoms with Crippen LogP contribution >= 0.6 is 0 Å². The fraction of sp³-hybridized carbons (Fsp3) is 0.562. The van der Waals surface area contributed by atoms with Gasteiger partial charge in [0.2, 0.25) is 0 Å². The molecule has 0 atom stereocenters. The zero-order chi connectivity index (χ0) is 14.6. The van der Waals surface area contributed by atoms with Crippen LogP contribution in [0.2, 0.25) is 0 Å². The Balaban J connectivity index is 2.06. The fourth-order valence-electron chi connectivity index (χ4n) is 2.83. The lowest BCUT2D eigenvalue weighted by Gasteiger charge is -2.25. The Bertz CT molecular complexity index is 479. The minimum absolute atomic E-state index is 0.0531. The molecule has 0 bridgehead atoms. The number of nitrogens with two attached hydrogens (primary N) is 1. The summed E-state index contributed by atoms with van der Waals surface area (Å²) < 4.78 is 0. The number of hydrogen-bond acceptors (Lipinski definition) is 3. The number of hydrogen-bond donors (Lipinski definition) is 3. The summed E-state index contributed by atoms with van der Waals surface area (Å²) in [4.78, 5) is 11.9. The van der Waals surface area contributed by atoms with Gasteiger partial charge in [0.25, 0.3) is 5.91 Å². The van der Waals surface area contributed by atoms with E-state index in [9.17, 15) is 4.79 Å². The molecule has 1 saturated carbocycles. The Hall–Kier alpha value is -1.71. The number of carbonyl (C=O) groups is 1. The first-order chi connectivity index (χ1) is 9.54. The van der Waals surface area contributed by atoms with E-state index < -0.39 is 0 Å². The van der Waals surface area contributed by atoms with Gasteiger partial charge in [-0.25, -0.2) is 0 Å². The summed E-state index contributed by atoms with van der Waals surface area (Å²) in [5, 5.41) is 6.23. The first-order valence-corrected chi connectivity index (χ1v) is 7.46. The van der Waals surface area contributed by atoms with Crippen molar-refractivity contribution >= 4 is 17.3 Å². The highest BCUT2D eigenvalue weighted by molar-refractivity contribution is 5.96. The van der Waals surface area contributed by atoms with E-state index in [-0.39, 0.29) is 5.91 Å². The summed E-state index contributed by atoms with van der Waals surface area (Å²) in [5.74, 6) is -0.0531. The van der Waals surface area contributed by atoms with Gasteiger partial charge in [-0.2, -0.15) is 0 Å². The van der Waals surface area contributed by atoms with E-state index >= 15 is 0 Å². The summed E-state index contributed by atoms with van der Waals surface area (Å²) >= 11 is 0. The van der Waals surface area contributed by atoms with Crippen LogP contribution in [0, 0.1) is 5.41 Å². The third-order valence-corrected chi connectivity index (χ3v) is 4.17. The lowest BCUT2D eigenvalue weighted by Crippen LogP contribution is -2.25. The molecule has 0 saturated heterocycles. The quantitative estimate of drug-likeness (QED) is 0.724. The lowest BCUT2D eigenvalue weighted by molar-refractivity contribution is 0.0956. The number of nitrogens with one attached hydrogen (secondary N) is 2. The minimum atomic E-state index is -0.0531. The van der Waals surface area contributed by atoms with E-state index in [1.807, 2.05) is 13.0 Å². The summed E-state index contributed by atoms with van der Waals surface area (Å²) in [6.07, 6.45) is 5.14. The molecule has 20 heavy (non-hydrogen) atoms. The minimum Gasteiger partial charge on any atom is -0.397 e. The summed E-state index contributed by atoms with van der Waals surface area (Å²) in [6, 6.07) is 5.41. The van der Waals surface area contributed by atoms with Crippen LogP contribution in [0.15, 0.2) is 18.2 Å². The predicted molar refractivity (Wildman–Crippen MR) is 83.9 cm³/mol. The highest BCUT2D eigenvalue weighted by Crippen LogP contribution is 2.37. The van der Waals surface area contributed by atoms with E-state index in [0.717, 1.165) is 12.2 Å². The van der Waals surface area contributed by atoms with Crippen LogP contribution in [0.1, 0.15) is 49.9 Å². The normalized spacial score (nSPS) is 16.9. The molecule has 1 fully saturated rings. The standard InChI is InChI=1S/C16H25N3O/c1-3-18-15(20)12-6-7-13(17)14(10-12)19-11-16(2)8-4-5-9-16/h6-7,10,19H,3-5,8-9,11,17H2,1-2H3,(H,18,20). The first-order valence-electron chi connectivity index (χ1n) is 7.46. The van der Waals surface area contributed by atoms with Crippen LogP contribution in [-0.4, -0.2) is 19.0 Å². The molecule has 2 rings (SSSR count). The number of anilines is 2. The van der Waals surface area contributed by atoms with Gasteiger partial charge in [-0.05, 0) is 43.4 Å². The summed E-state index contributed by atoms with van der Waals surface area (Å²) in [5.41, 5.74) is 8.56.